The van der Waals surface area contributed by atoms with Gasteiger partial charge in [0, 0.05) is 0 Å². The molecule has 0 heterocycles. The molecule has 24 heavy (non-hydrogen) atoms. The minimum Gasteiger partial charge on any atom is -0.0655 e. The van der Waals surface area contributed by atoms with Crippen LogP contribution >= 0.6 is 0 Å². The zero-order valence-corrected chi connectivity index (χ0v) is 14.3. The summed E-state index contributed by atoms with van der Waals surface area (Å²) < 4.78 is 0. The average Bonchev–Trinajstić information content (AvgIpc) is 3.06. The van der Waals surface area contributed by atoms with Gasteiger partial charge in [-0.1, -0.05) is 85.3 Å². The summed E-state index contributed by atoms with van der Waals surface area (Å²) in [4.78, 5) is 0. The number of hydrogen-bond acceptors (Lipinski definition) is 0. The third-order valence-corrected chi connectivity index (χ3v) is 5.05. The molecule has 3 aromatic carbocycles. The molecule has 1 aliphatic carbocycles. The normalized spacial score (nSPS) is 12.8. The third-order valence-electron chi connectivity index (χ3n) is 5.05. The molecule has 0 aromatic heterocycles. The summed E-state index contributed by atoms with van der Waals surface area (Å²) in [6, 6.07) is 24.1. The lowest BCUT2D eigenvalue weighted by molar-refractivity contribution is 1.04. The number of aryl methyl sites for hydroxylation is 1. The van der Waals surface area contributed by atoms with Crippen LogP contribution in [0.15, 0.2) is 72.3 Å². The highest BCUT2D eigenvalue weighted by molar-refractivity contribution is 5.91. The van der Waals surface area contributed by atoms with Gasteiger partial charge in [0.15, 0.2) is 0 Å². The van der Waals surface area contributed by atoms with Crippen molar-refractivity contribution in [3.63, 3.8) is 0 Å². The largest absolute Gasteiger partial charge is 0.0655 e. The van der Waals surface area contributed by atoms with Gasteiger partial charge in [0.2, 0.25) is 0 Å². The highest BCUT2D eigenvalue weighted by atomic mass is 14.2. The van der Waals surface area contributed by atoms with Gasteiger partial charge in [0.1, 0.15) is 0 Å². The van der Waals surface area contributed by atoms with Gasteiger partial charge in [-0.05, 0) is 58.7 Å². The number of fused-ring (bicyclic) bond motifs is 1. The molecule has 4 rings (SSSR count). The van der Waals surface area contributed by atoms with E-state index in [2.05, 4.69) is 86.7 Å². The Kier molecular flexibility index (Phi) is 3.82. The molecule has 0 heteroatoms. The van der Waals surface area contributed by atoms with E-state index in [4.69, 9.17) is 0 Å². The topological polar surface area (TPSA) is 0 Å². The fraction of sp³-hybridized carbons (Fsp3) is 0.167. The van der Waals surface area contributed by atoms with Crippen LogP contribution in [0.1, 0.15) is 30.0 Å². The standard InChI is InChI=1S/C24H22/c1-3-18-15-20-14-13-17(2)24(23(20)16-18)22-12-8-7-11-21(22)19-9-5-4-6-10-19/h4-14,16H,3,15H2,1-2H3. The van der Waals surface area contributed by atoms with E-state index < -0.39 is 0 Å². The van der Waals surface area contributed by atoms with E-state index >= 15 is 0 Å². The Morgan fingerprint density at radius 1 is 0.792 bits per heavy atom. The molecular weight excluding hydrogens is 288 g/mol. The monoisotopic (exact) mass is 310 g/mol. The van der Waals surface area contributed by atoms with Crippen molar-refractivity contribution >= 4 is 6.08 Å². The van der Waals surface area contributed by atoms with Crippen LogP contribution in [0, 0.1) is 6.92 Å². The van der Waals surface area contributed by atoms with Gasteiger partial charge >= 0.3 is 0 Å². The van der Waals surface area contributed by atoms with E-state index in [9.17, 15) is 0 Å². The fourth-order valence-corrected chi connectivity index (χ4v) is 3.75. The van der Waals surface area contributed by atoms with Gasteiger partial charge in [-0.3, -0.25) is 0 Å². The van der Waals surface area contributed by atoms with Crippen LogP contribution < -0.4 is 0 Å². The number of benzene rings is 3. The quantitative estimate of drug-likeness (QED) is 0.506. The van der Waals surface area contributed by atoms with E-state index in [0.717, 1.165) is 12.8 Å². The molecule has 0 nitrogen and oxygen atoms in total. The molecule has 0 saturated heterocycles. The van der Waals surface area contributed by atoms with Crippen LogP contribution in [-0.4, -0.2) is 0 Å². The lowest BCUT2D eigenvalue weighted by atomic mass is 9.88. The first-order valence-corrected chi connectivity index (χ1v) is 8.74. The summed E-state index contributed by atoms with van der Waals surface area (Å²) in [6.45, 7) is 4.48. The maximum atomic E-state index is 2.42. The zero-order chi connectivity index (χ0) is 16.5. The van der Waals surface area contributed by atoms with Gasteiger partial charge in [0.05, 0.1) is 0 Å². The molecule has 0 atom stereocenters. The molecule has 118 valence electrons. The summed E-state index contributed by atoms with van der Waals surface area (Å²) >= 11 is 0. The maximum absolute atomic E-state index is 2.42. The van der Waals surface area contributed by atoms with Crippen molar-refractivity contribution in [1.29, 1.82) is 0 Å². The minimum atomic E-state index is 1.10. The Morgan fingerprint density at radius 3 is 2.25 bits per heavy atom. The Bertz CT molecular complexity index is 914. The molecular formula is C24H22. The van der Waals surface area contributed by atoms with Crippen molar-refractivity contribution in [3.05, 3.63) is 89.0 Å². The number of allylic oxidation sites excluding steroid dienone is 1. The predicted octanol–water partition coefficient (Wildman–Crippen LogP) is 6.68. The van der Waals surface area contributed by atoms with Crippen LogP contribution in [0.25, 0.3) is 28.3 Å². The van der Waals surface area contributed by atoms with E-state index in [1.165, 1.54) is 44.5 Å². The van der Waals surface area contributed by atoms with Crippen molar-refractivity contribution in [3.8, 4) is 22.3 Å². The Balaban J connectivity index is 1.97. The highest BCUT2D eigenvalue weighted by Gasteiger charge is 2.19. The Hall–Kier alpha value is -2.60. The average molecular weight is 310 g/mol. The third kappa shape index (κ3) is 2.49. The van der Waals surface area contributed by atoms with Gasteiger partial charge in [-0.25, -0.2) is 0 Å². The molecule has 0 saturated carbocycles. The lowest BCUT2D eigenvalue weighted by Gasteiger charge is -2.16. The number of rotatable bonds is 3. The minimum absolute atomic E-state index is 1.10. The molecule has 0 N–H and O–H groups in total. The first kappa shape index (κ1) is 15.0. The van der Waals surface area contributed by atoms with Crippen molar-refractivity contribution in [1.82, 2.24) is 0 Å². The Labute approximate surface area is 144 Å². The first-order chi connectivity index (χ1) is 11.8. The van der Waals surface area contributed by atoms with Crippen LogP contribution in [0.3, 0.4) is 0 Å². The summed E-state index contributed by atoms with van der Waals surface area (Å²) in [5, 5.41) is 0. The summed E-state index contributed by atoms with van der Waals surface area (Å²) in [5.74, 6) is 0. The van der Waals surface area contributed by atoms with Gasteiger partial charge in [-0.2, -0.15) is 0 Å². The predicted molar refractivity (Wildman–Crippen MR) is 104 cm³/mol. The molecule has 0 amide bonds. The fourth-order valence-electron chi connectivity index (χ4n) is 3.75. The second-order valence-corrected chi connectivity index (χ2v) is 6.57. The van der Waals surface area contributed by atoms with Crippen molar-refractivity contribution in [2.45, 2.75) is 26.7 Å². The van der Waals surface area contributed by atoms with Crippen LogP contribution in [0.5, 0.6) is 0 Å². The molecule has 3 aromatic rings. The second kappa shape index (κ2) is 6.13. The molecule has 1 aliphatic rings. The van der Waals surface area contributed by atoms with Crippen molar-refractivity contribution < 1.29 is 0 Å². The summed E-state index contributed by atoms with van der Waals surface area (Å²) in [5.41, 5.74) is 11.1. The van der Waals surface area contributed by atoms with Crippen LogP contribution in [0.4, 0.5) is 0 Å². The second-order valence-electron chi connectivity index (χ2n) is 6.57. The molecule has 0 radical (unpaired) electrons. The van der Waals surface area contributed by atoms with Crippen LogP contribution in [-0.2, 0) is 6.42 Å². The Morgan fingerprint density at radius 2 is 1.50 bits per heavy atom. The molecule has 0 fully saturated rings. The van der Waals surface area contributed by atoms with Crippen molar-refractivity contribution in [2.75, 3.05) is 0 Å². The van der Waals surface area contributed by atoms with E-state index in [0.29, 0.717) is 0 Å². The summed E-state index contributed by atoms with van der Waals surface area (Å²) in [6.07, 6.45) is 4.65. The number of hydrogen-bond donors (Lipinski definition) is 0. The summed E-state index contributed by atoms with van der Waals surface area (Å²) in [7, 11) is 0. The smallest absolute Gasteiger partial charge is 0.00577 e. The first-order valence-electron chi connectivity index (χ1n) is 8.74. The van der Waals surface area contributed by atoms with Gasteiger partial charge < -0.3 is 0 Å². The van der Waals surface area contributed by atoms with E-state index in [-0.39, 0.29) is 0 Å². The van der Waals surface area contributed by atoms with Gasteiger partial charge in [-0.15, -0.1) is 0 Å². The van der Waals surface area contributed by atoms with Crippen molar-refractivity contribution in [2.24, 2.45) is 0 Å². The highest BCUT2D eigenvalue weighted by Crippen LogP contribution is 2.41. The van der Waals surface area contributed by atoms with Crippen LogP contribution in [0.2, 0.25) is 0 Å². The molecule has 0 aliphatic heterocycles. The maximum Gasteiger partial charge on any atom is -0.00577 e. The van der Waals surface area contributed by atoms with E-state index in [1.54, 1.807) is 0 Å². The zero-order valence-electron chi connectivity index (χ0n) is 14.3. The molecule has 0 unspecified atom stereocenters. The van der Waals surface area contributed by atoms with E-state index in [1.807, 2.05) is 0 Å². The van der Waals surface area contributed by atoms with Gasteiger partial charge in [0.25, 0.3) is 0 Å². The lowest BCUT2D eigenvalue weighted by Crippen LogP contribution is -1.93. The molecule has 0 bridgehead atoms. The SMILES string of the molecule is CCC1=Cc2c(ccc(C)c2-c2ccccc2-c2ccccc2)C1. The molecule has 0 spiro atoms.